The molecule has 21 heavy (non-hydrogen) atoms. The van der Waals surface area contributed by atoms with Crippen molar-refractivity contribution in [3.63, 3.8) is 0 Å². The van der Waals surface area contributed by atoms with Gasteiger partial charge in [0.1, 0.15) is 0 Å². The molecule has 0 aromatic heterocycles. The molecule has 4 aliphatic rings. The van der Waals surface area contributed by atoms with Crippen molar-refractivity contribution in [2.75, 3.05) is 0 Å². The van der Waals surface area contributed by atoms with Crippen LogP contribution in [0.1, 0.15) is 78.1 Å². The van der Waals surface area contributed by atoms with E-state index in [9.17, 15) is 5.26 Å². The van der Waals surface area contributed by atoms with Crippen LogP contribution < -0.4 is 0 Å². The van der Waals surface area contributed by atoms with Gasteiger partial charge in [-0.1, -0.05) is 20.3 Å². The van der Waals surface area contributed by atoms with Crippen molar-refractivity contribution < 1.29 is 0 Å². The van der Waals surface area contributed by atoms with Crippen molar-refractivity contribution in [3.8, 4) is 6.07 Å². The van der Waals surface area contributed by atoms with E-state index in [2.05, 4.69) is 19.9 Å². The Balaban J connectivity index is 1.60. The molecule has 7 atom stereocenters. The Morgan fingerprint density at radius 1 is 0.905 bits per heavy atom. The highest BCUT2D eigenvalue weighted by Gasteiger charge is 2.57. The molecule has 0 amide bonds. The van der Waals surface area contributed by atoms with Gasteiger partial charge in [-0.2, -0.15) is 5.26 Å². The van der Waals surface area contributed by atoms with Crippen molar-refractivity contribution in [2.45, 2.75) is 78.1 Å². The summed E-state index contributed by atoms with van der Waals surface area (Å²) in [5, 5.41) is 9.30. The van der Waals surface area contributed by atoms with E-state index < -0.39 is 0 Å². The number of hydrogen-bond donors (Lipinski definition) is 0. The van der Waals surface area contributed by atoms with Gasteiger partial charge in [0.2, 0.25) is 0 Å². The number of hydrogen-bond acceptors (Lipinski definition) is 1. The molecule has 0 spiro atoms. The smallest absolute Gasteiger partial charge is 0.0655 e. The third-order valence-corrected chi connectivity index (χ3v) is 8.63. The lowest BCUT2D eigenvalue weighted by Gasteiger charge is -2.60. The van der Waals surface area contributed by atoms with Gasteiger partial charge in [0.05, 0.1) is 6.07 Å². The molecule has 0 saturated heterocycles. The van der Waals surface area contributed by atoms with Crippen LogP contribution in [0.15, 0.2) is 0 Å². The standard InChI is InChI=1S/C20H31N/c1-19-9-3-4-17(19)16-6-5-15-12-14(13-21)7-11-20(15,2)18(16)8-10-19/h14-18H,3-12H2,1-2H3/t14-,15-,16+,17-,18-,19-,20-/m1/s1. The van der Waals surface area contributed by atoms with Gasteiger partial charge in [-0.05, 0) is 92.3 Å². The Labute approximate surface area is 130 Å². The molecule has 4 rings (SSSR count). The van der Waals surface area contributed by atoms with Crippen LogP contribution in [0.2, 0.25) is 0 Å². The molecule has 116 valence electrons. The van der Waals surface area contributed by atoms with Crippen molar-refractivity contribution in [2.24, 2.45) is 40.4 Å². The highest BCUT2D eigenvalue weighted by molar-refractivity contribution is 5.08. The summed E-state index contributed by atoms with van der Waals surface area (Å²) in [6.45, 7) is 5.21. The molecule has 0 N–H and O–H groups in total. The van der Waals surface area contributed by atoms with E-state index in [1.54, 1.807) is 0 Å². The minimum absolute atomic E-state index is 0.361. The first kappa shape index (κ1) is 14.1. The van der Waals surface area contributed by atoms with Gasteiger partial charge in [0.25, 0.3) is 0 Å². The summed E-state index contributed by atoms with van der Waals surface area (Å²) in [7, 11) is 0. The molecule has 0 aromatic carbocycles. The van der Waals surface area contributed by atoms with Crippen molar-refractivity contribution >= 4 is 0 Å². The molecule has 4 saturated carbocycles. The van der Waals surface area contributed by atoms with Crippen LogP contribution in [0, 0.1) is 51.8 Å². The average Bonchev–Trinajstić information content (AvgIpc) is 2.88. The molecule has 1 nitrogen and oxygen atoms in total. The Kier molecular flexibility index (Phi) is 3.18. The van der Waals surface area contributed by atoms with Gasteiger partial charge in [0, 0.05) is 5.92 Å². The second-order valence-electron chi connectivity index (χ2n) is 9.34. The molecule has 0 aromatic rings. The fraction of sp³-hybridized carbons (Fsp3) is 0.950. The summed E-state index contributed by atoms with van der Waals surface area (Å²) in [4.78, 5) is 0. The second-order valence-corrected chi connectivity index (χ2v) is 9.34. The van der Waals surface area contributed by atoms with Gasteiger partial charge in [-0.25, -0.2) is 0 Å². The van der Waals surface area contributed by atoms with E-state index in [0.717, 1.165) is 23.7 Å². The maximum absolute atomic E-state index is 9.30. The zero-order chi connectivity index (χ0) is 14.7. The highest BCUT2D eigenvalue weighted by Crippen LogP contribution is 2.66. The monoisotopic (exact) mass is 285 g/mol. The van der Waals surface area contributed by atoms with E-state index in [1.807, 2.05) is 0 Å². The van der Waals surface area contributed by atoms with Crippen LogP contribution in [0.5, 0.6) is 0 Å². The van der Waals surface area contributed by atoms with E-state index in [1.165, 1.54) is 64.2 Å². The van der Waals surface area contributed by atoms with Crippen LogP contribution in [0.25, 0.3) is 0 Å². The van der Waals surface area contributed by atoms with E-state index in [4.69, 9.17) is 0 Å². The topological polar surface area (TPSA) is 23.8 Å². The molecule has 0 aliphatic heterocycles. The predicted molar refractivity (Wildman–Crippen MR) is 85.4 cm³/mol. The van der Waals surface area contributed by atoms with Gasteiger partial charge < -0.3 is 0 Å². The maximum Gasteiger partial charge on any atom is 0.0655 e. The van der Waals surface area contributed by atoms with E-state index >= 15 is 0 Å². The lowest BCUT2D eigenvalue weighted by Crippen LogP contribution is -2.52. The van der Waals surface area contributed by atoms with Crippen LogP contribution in [0.4, 0.5) is 0 Å². The molecule has 4 aliphatic carbocycles. The quantitative estimate of drug-likeness (QED) is 0.571. The second kappa shape index (κ2) is 4.74. The summed E-state index contributed by atoms with van der Waals surface area (Å²) in [5.41, 5.74) is 1.26. The van der Waals surface area contributed by atoms with E-state index in [-0.39, 0.29) is 0 Å². The highest BCUT2D eigenvalue weighted by atomic mass is 14.6. The average molecular weight is 285 g/mol. The maximum atomic E-state index is 9.30. The normalized spacial score (nSPS) is 56.0. The zero-order valence-corrected chi connectivity index (χ0v) is 13.9. The SMILES string of the molecule is C[C@]12CCC[C@@H]1[C@@H]1CC[C@@H]3C[C@H](C#N)CC[C@@]3(C)[C@@H]1CC2. The minimum atomic E-state index is 0.361. The minimum Gasteiger partial charge on any atom is -0.198 e. The first-order valence-corrected chi connectivity index (χ1v) is 9.46. The Morgan fingerprint density at radius 3 is 2.57 bits per heavy atom. The molecular weight excluding hydrogens is 254 g/mol. The van der Waals surface area contributed by atoms with Gasteiger partial charge in [-0.15, -0.1) is 0 Å². The fourth-order valence-corrected chi connectivity index (χ4v) is 7.37. The summed E-state index contributed by atoms with van der Waals surface area (Å²) >= 11 is 0. The molecule has 4 fully saturated rings. The zero-order valence-electron chi connectivity index (χ0n) is 13.9. The first-order chi connectivity index (χ1) is 10.1. The van der Waals surface area contributed by atoms with Crippen LogP contribution in [0.3, 0.4) is 0 Å². The number of nitriles is 1. The van der Waals surface area contributed by atoms with E-state index in [0.29, 0.717) is 16.7 Å². The Hall–Kier alpha value is -0.510. The first-order valence-electron chi connectivity index (χ1n) is 9.46. The molecule has 0 heterocycles. The summed E-state index contributed by atoms with van der Waals surface area (Å²) < 4.78 is 0. The van der Waals surface area contributed by atoms with Crippen LogP contribution >= 0.6 is 0 Å². The van der Waals surface area contributed by atoms with Crippen molar-refractivity contribution in [1.82, 2.24) is 0 Å². The van der Waals surface area contributed by atoms with Crippen molar-refractivity contribution in [1.29, 1.82) is 5.26 Å². The van der Waals surface area contributed by atoms with Crippen molar-refractivity contribution in [3.05, 3.63) is 0 Å². The number of nitrogens with zero attached hydrogens (tertiary/aromatic N) is 1. The molecule has 0 bridgehead atoms. The third-order valence-electron chi connectivity index (χ3n) is 8.63. The molecule has 1 heteroatoms. The largest absolute Gasteiger partial charge is 0.198 e. The fourth-order valence-electron chi connectivity index (χ4n) is 7.37. The lowest BCUT2D eigenvalue weighted by molar-refractivity contribution is -0.107. The summed E-state index contributed by atoms with van der Waals surface area (Å²) in [5.74, 6) is 4.24. The summed E-state index contributed by atoms with van der Waals surface area (Å²) in [6.07, 6.45) is 14.1. The van der Waals surface area contributed by atoms with Gasteiger partial charge in [0.15, 0.2) is 0 Å². The summed E-state index contributed by atoms with van der Waals surface area (Å²) in [6, 6.07) is 2.57. The molecule has 0 radical (unpaired) electrons. The van der Waals surface area contributed by atoms with Crippen LogP contribution in [-0.4, -0.2) is 0 Å². The van der Waals surface area contributed by atoms with Gasteiger partial charge in [-0.3, -0.25) is 0 Å². The molecule has 0 unspecified atom stereocenters. The number of fused-ring (bicyclic) bond motifs is 5. The van der Waals surface area contributed by atoms with Crippen LogP contribution in [-0.2, 0) is 0 Å². The number of rotatable bonds is 0. The third kappa shape index (κ3) is 1.94. The Morgan fingerprint density at radius 2 is 1.76 bits per heavy atom. The lowest BCUT2D eigenvalue weighted by atomic mass is 9.45. The molecular formula is C20H31N. The van der Waals surface area contributed by atoms with Gasteiger partial charge >= 0.3 is 0 Å². The predicted octanol–water partition coefficient (Wildman–Crippen LogP) is 5.56. The Bertz CT molecular complexity index is 463.